The predicted molar refractivity (Wildman–Crippen MR) is 50.8 cm³/mol. The van der Waals surface area contributed by atoms with Gasteiger partial charge in [-0.25, -0.2) is 0 Å². The molecule has 0 N–H and O–H groups in total. The van der Waals surface area contributed by atoms with E-state index in [4.69, 9.17) is 9.47 Å². The largest absolute Gasteiger partial charge is 0.384 e. The van der Waals surface area contributed by atoms with Crippen molar-refractivity contribution >= 4 is 0 Å². The van der Waals surface area contributed by atoms with Gasteiger partial charge in [-0.1, -0.05) is 0 Å². The van der Waals surface area contributed by atoms with Gasteiger partial charge in [-0.3, -0.25) is 0 Å². The Hall–Kier alpha value is -0.120. The van der Waals surface area contributed by atoms with Crippen molar-refractivity contribution in [2.45, 2.75) is 18.9 Å². The van der Waals surface area contributed by atoms with Gasteiger partial charge in [0.2, 0.25) is 0 Å². The van der Waals surface area contributed by atoms with Crippen molar-refractivity contribution in [2.75, 3.05) is 40.0 Å². The standard InChI is InChI=1S/C10H19NO2/c1-12-7-9-2-4-11(5-3-9)6-10-8-13-10/h9-10H,2-8H2,1H3. The van der Waals surface area contributed by atoms with Gasteiger partial charge < -0.3 is 14.4 Å². The van der Waals surface area contributed by atoms with Gasteiger partial charge in [0.05, 0.1) is 12.7 Å². The average molecular weight is 185 g/mol. The number of hydrogen-bond acceptors (Lipinski definition) is 3. The SMILES string of the molecule is COCC1CCN(CC2CO2)CC1. The van der Waals surface area contributed by atoms with Crippen LogP contribution in [-0.4, -0.2) is 51.0 Å². The quantitative estimate of drug-likeness (QED) is 0.604. The molecule has 13 heavy (non-hydrogen) atoms. The maximum absolute atomic E-state index is 5.22. The minimum absolute atomic E-state index is 0.555. The zero-order chi connectivity index (χ0) is 9.10. The van der Waals surface area contributed by atoms with E-state index in [-0.39, 0.29) is 0 Å². The van der Waals surface area contributed by atoms with E-state index in [1.165, 1.54) is 25.9 Å². The van der Waals surface area contributed by atoms with Crippen LogP contribution in [0.25, 0.3) is 0 Å². The van der Waals surface area contributed by atoms with E-state index in [9.17, 15) is 0 Å². The third-order valence-electron chi connectivity index (χ3n) is 2.97. The molecular formula is C10H19NO2. The van der Waals surface area contributed by atoms with Gasteiger partial charge in [0.1, 0.15) is 0 Å². The zero-order valence-corrected chi connectivity index (χ0v) is 8.37. The molecule has 0 aromatic carbocycles. The first-order valence-electron chi connectivity index (χ1n) is 5.21. The molecule has 76 valence electrons. The van der Waals surface area contributed by atoms with Crippen LogP contribution in [0.2, 0.25) is 0 Å². The highest BCUT2D eigenvalue weighted by Gasteiger charge is 2.27. The minimum Gasteiger partial charge on any atom is -0.384 e. The van der Waals surface area contributed by atoms with E-state index in [1.807, 2.05) is 0 Å². The topological polar surface area (TPSA) is 25.0 Å². The molecule has 3 nitrogen and oxygen atoms in total. The van der Waals surface area contributed by atoms with Crippen LogP contribution in [0.5, 0.6) is 0 Å². The van der Waals surface area contributed by atoms with Gasteiger partial charge in [0.15, 0.2) is 0 Å². The number of nitrogens with zero attached hydrogens (tertiary/aromatic N) is 1. The molecule has 0 radical (unpaired) electrons. The molecule has 1 atom stereocenters. The van der Waals surface area contributed by atoms with Gasteiger partial charge in [0.25, 0.3) is 0 Å². The summed E-state index contributed by atoms with van der Waals surface area (Å²) in [6.07, 6.45) is 3.14. The van der Waals surface area contributed by atoms with Crippen LogP contribution < -0.4 is 0 Å². The van der Waals surface area contributed by atoms with Crippen LogP contribution in [0.1, 0.15) is 12.8 Å². The normalized spacial score (nSPS) is 30.7. The summed E-state index contributed by atoms with van der Waals surface area (Å²) in [5, 5.41) is 0. The molecule has 1 unspecified atom stereocenters. The van der Waals surface area contributed by atoms with Crippen molar-refractivity contribution in [3.05, 3.63) is 0 Å². The van der Waals surface area contributed by atoms with Crippen molar-refractivity contribution < 1.29 is 9.47 Å². The molecule has 2 aliphatic heterocycles. The van der Waals surface area contributed by atoms with Crippen molar-refractivity contribution in [3.63, 3.8) is 0 Å². The highest BCUT2D eigenvalue weighted by molar-refractivity contribution is 4.78. The first-order chi connectivity index (χ1) is 6.38. The summed E-state index contributed by atoms with van der Waals surface area (Å²) in [6, 6.07) is 0. The second-order valence-corrected chi connectivity index (χ2v) is 4.15. The van der Waals surface area contributed by atoms with Crippen LogP contribution in [0, 0.1) is 5.92 Å². The van der Waals surface area contributed by atoms with E-state index in [1.54, 1.807) is 7.11 Å². The van der Waals surface area contributed by atoms with Gasteiger partial charge in [-0.15, -0.1) is 0 Å². The third-order valence-corrected chi connectivity index (χ3v) is 2.97. The van der Waals surface area contributed by atoms with Crippen LogP contribution in [0.4, 0.5) is 0 Å². The second kappa shape index (κ2) is 4.40. The van der Waals surface area contributed by atoms with E-state index in [0.29, 0.717) is 6.10 Å². The molecule has 2 rings (SSSR count). The first kappa shape index (κ1) is 9.44. The van der Waals surface area contributed by atoms with Gasteiger partial charge >= 0.3 is 0 Å². The molecule has 0 bridgehead atoms. The lowest BCUT2D eigenvalue weighted by atomic mass is 9.98. The maximum Gasteiger partial charge on any atom is 0.0936 e. The lowest BCUT2D eigenvalue weighted by Crippen LogP contribution is -2.37. The number of rotatable bonds is 4. The van der Waals surface area contributed by atoms with Gasteiger partial charge in [-0.2, -0.15) is 0 Å². The van der Waals surface area contributed by atoms with E-state index in [0.717, 1.165) is 25.7 Å². The molecule has 0 saturated carbocycles. The summed E-state index contributed by atoms with van der Waals surface area (Å²) < 4.78 is 10.4. The Morgan fingerprint density at radius 3 is 2.62 bits per heavy atom. The fraction of sp³-hybridized carbons (Fsp3) is 1.00. The molecule has 0 amide bonds. The summed E-state index contributed by atoms with van der Waals surface area (Å²) in [7, 11) is 1.80. The minimum atomic E-state index is 0.555. The fourth-order valence-corrected chi connectivity index (χ4v) is 2.03. The van der Waals surface area contributed by atoms with Gasteiger partial charge in [0, 0.05) is 20.3 Å². The molecule has 0 aromatic heterocycles. The number of methoxy groups -OCH3 is 1. The van der Waals surface area contributed by atoms with Crippen LogP contribution in [0.15, 0.2) is 0 Å². The Labute approximate surface area is 80.0 Å². The molecule has 0 aromatic rings. The maximum atomic E-state index is 5.22. The third kappa shape index (κ3) is 2.93. The molecule has 2 aliphatic rings. The Kier molecular flexibility index (Phi) is 3.19. The lowest BCUT2D eigenvalue weighted by Gasteiger charge is -2.31. The summed E-state index contributed by atoms with van der Waals surface area (Å²) >= 11 is 0. The monoisotopic (exact) mass is 185 g/mol. The van der Waals surface area contributed by atoms with Gasteiger partial charge in [-0.05, 0) is 31.8 Å². The number of hydrogen-bond donors (Lipinski definition) is 0. The molecule has 2 fully saturated rings. The number of epoxide rings is 1. The average Bonchev–Trinajstić information content (AvgIpc) is 2.93. The number of likely N-dealkylation sites (tertiary alicyclic amines) is 1. The Morgan fingerprint density at radius 2 is 2.08 bits per heavy atom. The van der Waals surface area contributed by atoms with E-state index < -0.39 is 0 Å². The lowest BCUT2D eigenvalue weighted by molar-refractivity contribution is 0.0964. The molecule has 2 heterocycles. The zero-order valence-electron chi connectivity index (χ0n) is 8.37. The summed E-state index contributed by atoms with van der Waals surface area (Å²) in [5.41, 5.74) is 0. The molecule has 0 aliphatic carbocycles. The summed E-state index contributed by atoms with van der Waals surface area (Å²) in [4.78, 5) is 2.52. The Balaban J connectivity index is 1.63. The fourth-order valence-electron chi connectivity index (χ4n) is 2.03. The first-order valence-corrected chi connectivity index (χ1v) is 5.21. The number of piperidine rings is 1. The second-order valence-electron chi connectivity index (χ2n) is 4.15. The van der Waals surface area contributed by atoms with E-state index in [2.05, 4.69) is 4.90 Å². The van der Waals surface area contributed by atoms with E-state index >= 15 is 0 Å². The smallest absolute Gasteiger partial charge is 0.0936 e. The van der Waals surface area contributed by atoms with Crippen molar-refractivity contribution in [2.24, 2.45) is 5.92 Å². The molecule has 3 heteroatoms. The van der Waals surface area contributed by atoms with Crippen LogP contribution >= 0.6 is 0 Å². The van der Waals surface area contributed by atoms with Crippen LogP contribution in [-0.2, 0) is 9.47 Å². The molecule has 0 spiro atoms. The predicted octanol–water partition coefficient (Wildman–Crippen LogP) is 0.744. The summed E-state index contributed by atoms with van der Waals surface area (Å²) in [6.45, 7) is 5.53. The Bertz CT molecular complexity index is 151. The van der Waals surface area contributed by atoms with Crippen molar-refractivity contribution in [1.82, 2.24) is 4.90 Å². The highest BCUT2D eigenvalue weighted by atomic mass is 16.6. The highest BCUT2D eigenvalue weighted by Crippen LogP contribution is 2.19. The molecular weight excluding hydrogens is 166 g/mol. The van der Waals surface area contributed by atoms with Crippen molar-refractivity contribution in [1.29, 1.82) is 0 Å². The van der Waals surface area contributed by atoms with Crippen LogP contribution in [0.3, 0.4) is 0 Å². The Morgan fingerprint density at radius 1 is 1.38 bits per heavy atom. The molecule has 2 saturated heterocycles. The van der Waals surface area contributed by atoms with Crippen molar-refractivity contribution in [3.8, 4) is 0 Å². The number of ether oxygens (including phenoxy) is 2. The summed E-state index contributed by atoms with van der Waals surface area (Å²) in [5.74, 6) is 0.793.